The fourth-order valence-corrected chi connectivity index (χ4v) is 3.45. The monoisotopic (exact) mass is 300 g/mol. The van der Waals surface area contributed by atoms with Crippen LogP contribution < -0.4 is 5.69 Å². The third-order valence-corrected chi connectivity index (χ3v) is 4.77. The van der Waals surface area contributed by atoms with Crippen molar-refractivity contribution in [3.05, 3.63) is 39.8 Å². The molecule has 1 aliphatic carbocycles. The Morgan fingerprint density at radius 2 is 1.95 bits per heavy atom. The molecule has 1 spiro atoms. The summed E-state index contributed by atoms with van der Waals surface area (Å²) >= 11 is 0. The Morgan fingerprint density at radius 3 is 2.68 bits per heavy atom. The van der Waals surface area contributed by atoms with Crippen LogP contribution in [-0.4, -0.2) is 28.6 Å². The highest BCUT2D eigenvalue weighted by Gasteiger charge is 2.38. The lowest BCUT2D eigenvalue weighted by Gasteiger charge is -2.32. The molecule has 1 aromatic carbocycles. The van der Waals surface area contributed by atoms with Crippen molar-refractivity contribution in [2.24, 2.45) is 7.05 Å². The zero-order valence-electron chi connectivity index (χ0n) is 12.7. The Morgan fingerprint density at radius 1 is 1.23 bits per heavy atom. The number of fused-ring (bicyclic) bond motifs is 1. The van der Waals surface area contributed by atoms with E-state index in [9.17, 15) is 4.79 Å². The third kappa shape index (κ3) is 2.30. The van der Waals surface area contributed by atoms with Gasteiger partial charge in [0.2, 0.25) is 0 Å². The fourth-order valence-electron chi connectivity index (χ4n) is 3.45. The Kier molecular flexibility index (Phi) is 3.20. The summed E-state index contributed by atoms with van der Waals surface area (Å²) in [6.07, 6.45) is 6.11. The summed E-state index contributed by atoms with van der Waals surface area (Å²) in [6, 6.07) is 6.09. The van der Waals surface area contributed by atoms with E-state index >= 15 is 0 Å². The predicted molar refractivity (Wildman–Crippen MR) is 84.6 cm³/mol. The molecule has 1 saturated heterocycles. The summed E-state index contributed by atoms with van der Waals surface area (Å²) in [4.78, 5) is 14.5. The van der Waals surface area contributed by atoms with Crippen LogP contribution in [0.25, 0.3) is 17.1 Å². The molecule has 1 aromatic heterocycles. The van der Waals surface area contributed by atoms with E-state index in [1.807, 2.05) is 6.07 Å². The van der Waals surface area contributed by atoms with Crippen molar-refractivity contribution in [3.8, 4) is 0 Å². The number of aromatic nitrogens is 2. The molecule has 4 rings (SSSR count). The van der Waals surface area contributed by atoms with Crippen LogP contribution in [0.1, 0.15) is 31.2 Å². The molecule has 2 heterocycles. The molecule has 0 radical (unpaired) electrons. The molecule has 1 aliphatic heterocycles. The van der Waals surface area contributed by atoms with Crippen LogP contribution in [0.3, 0.4) is 0 Å². The molecular formula is C17H20N2O3. The number of nitrogens with zero attached hydrogens (tertiary/aromatic N) is 1. The van der Waals surface area contributed by atoms with Gasteiger partial charge in [-0.15, -0.1) is 0 Å². The van der Waals surface area contributed by atoms with Crippen molar-refractivity contribution in [1.29, 1.82) is 0 Å². The predicted octanol–water partition coefficient (Wildman–Crippen LogP) is 2.57. The van der Waals surface area contributed by atoms with E-state index in [1.165, 1.54) is 5.57 Å². The molecule has 1 N–H and O–H groups in total. The van der Waals surface area contributed by atoms with Gasteiger partial charge in [0.25, 0.3) is 0 Å². The minimum absolute atomic E-state index is 0.0741. The molecule has 5 heteroatoms. The Hall–Kier alpha value is -1.85. The first-order chi connectivity index (χ1) is 10.7. The highest BCUT2D eigenvalue weighted by atomic mass is 16.7. The van der Waals surface area contributed by atoms with E-state index in [0.717, 1.165) is 55.5 Å². The van der Waals surface area contributed by atoms with Crippen molar-refractivity contribution in [3.63, 3.8) is 0 Å². The minimum Gasteiger partial charge on any atom is -0.348 e. The van der Waals surface area contributed by atoms with E-state index < -0.39 is 0 Å². The van der Waals surface area contributed by atoms with E-state index in [2.05, 4.69) is 23.2 Å². The zero-order chi connectivity index (χ0) is 15.2. The van der Waals surface area contributed by atoms with Crippen molar-refractivity contribution < 1.29 is 9.47 Å². The number of H-pyrrole nitrogens is 1. The quantitative estimate of drug-likeness (QED) is 0.880. The highest BCUT2D eigenvalue weighted by Crippen LogP contribution is 2.38. The standard InChI is InChI=1S/C17H20N2O3/c1-19-15-11-13(2-3-14(15)18-16(19)20)10-12-4-6-17(7-5-12)21-8-9-22-17/h2-3,10-11H,4-9H2,1H3,(H,18,20). The summed E-state index contributed by atoms with van der Waals surface area (Å²) in [6.45, 7) is 1.44. The van der Waals surface area contributed by atoms with Gasteiger partial charge in [-0.3, -0.25) is 4.57 Å². The van der Waals surface area contributed by atoms with Gasteiger partial charge < -0.3 is 14.5 Å². The van der Waals surface area contributed by atoms with Gasteiger partial charge in [0.15, 0.2) is 5.79 Å². The van der Waals surface area contributed by atoms with Gasteiger partial charge in [-0.25, -0.2) is 4.79 Å². The van der Waals surface area contributed by atoms with Gasteiger partial charge in [0, 0.05) is 19.9 Å². The van der Waals surface area contributed by atoms with Crippen LogP contribution in [0.2, 0.25) is 0 Å². The maximum Gasteiger partial charge on any atom is 0.326 e. The van der Waals surface area contributed by atoms with E-state index in [-0.39, 0.29) is 11.5 Å². The molecular weight excluding hydrogens is 280 g/mol. The summed E-state index contributed by atoms with van der Waals surface area (Å²) < 4.78 is 13.2. The van der Waals surface area contributed by atoms with Crippen molar-refractivity contribution >= 4 is 17.1 Å². The van der Waals surface area contributed by atoms with Crippen LogP contribution in [-0.2, 0) is 16.5 Å². The van der Waals surface area contributed by atoms with Crippen molar-refractivity contribution in [2.45, 2.75) is 31.5 Å². The maximum atomic E-state index is 11.6. The van der Waals surface area contributed by atoms with Crippen molar-refractivity contribution in [1.82, 2.24) is 9.55 Å². The second-order valence-electron chi connectivity index (χ2n) is 6.18. The third-order valence-electron chi connectivity index (χ3n) is 4.77. The molecule has 2 fully saturated rings. The summed E-state index contributed by atoms with van der Waals surface area (Å²) in [5.41, 5.74) is 4.31. The maximum absolute atomic E-state index is 11.6. The smallest absolute Gasteiger partial charge is 0.326 e. The lowest BCUT2D eigenvalue weighted by Crippen LogP contribution is -2.33. The van der Waals surface area contributed by atoms with Crippen LogP contribution in [0, 0.1) is 0 Å². The number of hydrogen-bond acceptors (Lipinski definition) is 3. The molecule has 116 valence electrons. The zero-order valence-corrected chi connectivity index (χ0v) is 12.7. The van der Waals surface area contributed by atoms with Gasteiger partial charge in [-0.1, -0.05) is 17.7 Å². The molecule has 0 atom stereocenters. The average molecular weight is 300 g/mol. The lowest BCUT2D eigenvalue weighted by molar-refractivity contribution is -0.171. The first-order valence-corrected chi connectivity index (χ1v) is 7.81. The summed E-state index contributed by atoms with van der Waals surface area (Å²) in [5, 5.41) is 0. The van der Waals surface area contributed by atoms with Gasteiger partial charge in [0.1, 0.15) is 0 Å². The molecule has 2 aromatic rings. The summed E-state index contributed by atoms with van der Waals surface area (Å²) in [5.74, 6) is -0.314. The van der Waals surface area contributed by atoms with Crippen LogP contribution in [0.5, 0.6) is 0 Å². The van der Waals surface area contributed by atoms with E-state index in [0.29, 0.717) is 0 Å². The highest BCUT2D eigenvalue weighted by molar-refractivity contribution is 5.78. The molecule has 0 bridgehead atoms. The number of aryl methyl sites for hydroxylation is 1. The number of benzene rings is 1. The number of rotatable bonds is 1. The Bertz CT molecular complexity index is 782. The largest absolute Gasteiger partial charge is 0.348 e. The lowest BCUT2D eigenvalue weighted by atomic mass is 9.88. The SMILES string of the molecule is Cn1c(=O)[nH]c2ccc(C=C3CCC4(CC3)OCCO4)cc21. The Balaban J connectivity index is 1.58. The number of aromatic amines is 1. The van der Waals surface area contributed by atoms with Crippen LogP contribution in [0.4, 0.5) is 0 Å². The number of ether oxygens (including phenoxy) is 2. The van der Waals surface area contributed by atoms with Gasteiger partial charge in [-0.2, -0.15) is 0 Å². The minimum atomic E-state index is -0.314. The first-order valence-electron chi connectivity index (χ1n) is 7.81. The molecule has 22 heavy (non-hydrogen) atoms. The molecule has 0 unspecified atom stereocenters. The Labute approximate surface area is 128 Å². The summed E-state index contributed by atoms with van der Waals surface area (Å²) in [7, 11) is 1.79. The van der Waals surface area contributed by atoms with Crippen LogP contribution >= 0.6 is 0 Å². The number of nitrogens with one attached hydrogen (secondary N) is 1. The molecule has 2 aliphatic rings. The molecule has 0 amide bonds. The van der Waals surface area contributed by atoms with Crippen LogP contribution in [0.15, 0.2) is 28.6 Å². The second-order valence-corrected chi connectivity index (χ2v) is 6.18. The van der Waals surface area contributed by atoms with Gasteiger partial charge >= 0.3 is 5.69 Å². The average Bonchev–Trinajstić information content (AvgIpc) is 3.09. The normalized spacial score (nSPS) is 20.9. The van der Waals surface area contributed by atoms with E-state index in [4.69, 9.17) is 9.47 Å². The fraction of sp³-hybridized carbons (Fsp3) is 0.471. The number of hydrogen-bond donors (Lipinski definition) is 1. The topological polar surface area (TPSA) is 56.2 Å². The number of imidazole rings is 1. The van der Waals surface area contributed by atoms with Crippen molar-refractivity contribution in [2.75, 3.05) is 13.2 Å². The van der Waals surface area contributed by atoms with E-state index in [1.54, 1.807) is 11.6 Å². The second kappa shape index (κ2) is 5.11. The first kappa shape index (κ1) is 13.8. The molecule has 5 nitrogen and oxygen atoms in total. The van der Waals surface area contributed by atoms with Gasteiger partial charge in [0.05, 0.1) is 24.2 Å². The molecule has 1 saturated carbocycles. The van der Waals surface area contributed by atoms with Gasteiger partial charge in [-0.05, 0) is 30.5 Å². The number of allylic oxidation sites excluding steroid dienone is 1.